The molecule has 17 heavy (non-hydrogen) atoms. The Morgan fingerprint density at radius 3 is 1.94 bits per heavy atom. The zero-order valence-corrected chi connectivity index (χ0v) is 11.3. The minimum atomic E-state index is -3.45. The van der Waals surface area contributed by atoms with E-state index in [-0.39, 0.29) is 19.8 Å². The molecular formula is C11H20O5S. The van der Waals surface area contributed by atoms with Crippen molar-refractivity contribution < 1.29 is 23.0 Å². The molecule has 1 saturated carbocycles. The van der Waals surface area contributed by atoms with Crippen LogP contribution in [0.4, 0.5) is 0 Å². The topological polar surface area (TPSA) is 72.8 Å². The Kier molecular flexibility index (Phi) is 2.86. The van der Waals surface area contributed by atoms with E-state index in [9.17, 15) is 13.5 Å². The molecule has 0 spiro atoms. The van der Waals surface area contributed by atoms with Gasteiger partial charge in [-0.3, -0.25) is 0 Å². The molecule has 2 fully saturated rings. The standard InChI is InChI=1S/C11H20O5S/c1-9(2)15-7-10(3,8-16-9)17(13,14)11(6-12)4-5-11/h12H,4-8H2,1-3H3. The van der Waals surface area contributed by atoms with Crippen LogP contribution in [0.15, 0.2) is 0 Å². The van der Waals surface area contributed by atoms with E-state index in [1.807, 2.05) is 0 Å². The molecule has 0 atom stereocenters. The maximum atomic E-state index is 12.5. The highest BCUT2D eigenvalue weighted by molar-refractivity contribution is 7.94. The second-order valence-electron chi connectivity index (χ2n) is 5.77. The van der Waals surface area contributed by atoms with Crippen molar-refractivity contribution in [1.29, 1.82) is 0 Å². The first kappa shape index (κ1) is 13.3. The van der Waals surface area contributed by atoms with Crippen molar-refractivity contribution in [3.8, 4) is 0 Å². The predicted molar refractivity (Wildman–Crippen MR) is 62.4 cm³/mol. The van der Waals surface area contributed by atoms with Gasteiger partial charge in [0.05, 0.1) is 24.6 Å². The van der Waals surface area contributed by atoms with Gasteiger partial charge in [-0.05, 0) is 33.6 Å². The Bertz CT molecular complexity index is 398. The van der Waals surface area contributed by atoms with Crippen LogP contribution in [0.3, 0.4) is 0 Å². The lowest BCUT2D eigenvalue weighted by molar-refractivity contribution is -0.254. The molecule has 6 heteroatoms. The summed E-state index contributed by atoms with van der Waals surface area (Å²) in [6.45, 7) is 5.08. The quantitative estimate of drug-likeness (QED) is 0.802. The first-order valence-corrected chi connectivity index (χ1v) is 7.29. The van der Waals surface area contributed by atoms with E-state index < -0.39 is 25.1 Å². The minimum absolute atomic E-state index is 0.115. The number of sulfone groups is 1. The number of hydrogen-bond acceptors (Lipinski definition) is 5. The van der Waals surface area contributed by atoms with Crippen molar-refractivity contribution in [3.05, 3.63) is 0 Å². The molecule has 1 aliphatic carbocycles. The second kappa shape index (κ2) is 3.66. The monoisotopic (exact) mass is 264 g/mol. The van der Waals surface area contributed by atoms with E-state index in [2.05, 4.69) is 0 Å². The van der Waals surface area contributed by atoms with Crippen LogP contribution >= 0.6 is 0 Å². The lowest BCUT2D eigenvalue weighted by atomic mass is 10.1. The highest BCUT2D eigenvalue weighted by Crippen LogP contribution is 2.49. The van der Waals surface area contributed by atoms with Crippen molar-refractivity contribution in [2.75, 3.05) is 19.8 Å². The SMILES string of the molecule is CC1(C)OCC(C)(S(=O)(=O)C2(CO)CC2)CO1. The van der Waals surface area contributed by atoms with E-state index in [0.717, 1.165) is 0 Å². The van der Waals surface area contributed by atoms with E-state index in [0.29, 0.717) is 12.8 Å². The average Bonchev–Trinajstić information content (AvgIpc) is 3.03. The van der Waals surface area contributed by atoms with Gasteiger partial charge in [-0.25, -0.2) is 8.42 Å². The average molecular weight is 264 g/mol. The third-order valence-electron chi connectivity index (χ3n) is 3.76. The van der Waals surface area contributed by atoms with Gasteiger partial charge in [0.15, 0.2) is 15.6 Å². The fourth-order valence-corrected chi connectivity index (χ4v) is 4.35. The van der Waals surface area contributed by atoms with Gasteiger partial charge >= 0.3 is 0 Å². The molecule has 2 aliphatic rings. The first-order chi connectivity index (χ1) is 7.68. The van der Waals surface area contributed by atoms with Crippen molar-refractivity contribution >= 4 is 9.84 Å². The Balaban J connectivity index is 2.23. The largest absolute Gasteiger partial charge is 0.395 e. The lowest BCUT2D eigenvalue weighted by Crippen LogP contribution is -2.57. The van der Waals surface area contributed by atoms with Gasteiger partial charge in [0.2, 0.25) is 0 Å². The number of aliphatic hydroxyl groups excluding tert-OH is 1. The highest BCUT2D eigenvalue weighted by Gasteiger charge is 2.62. The summed E-state index contributed by atoms with van der Waals surface area (Å²) >= 11 is 0. The van der Waals surface area contributed by atoms with Crippen LogP contribution in [0.1, 0.15) is 33.6 Å². The normalized spacial score (nSPS) is 29.9. The summed E-state index contributed by atoms with van der Waals surface area (Å²) in [5.41, 5.74) is 0. The number of ether oxygens (including phenoxy) is 2. The Hall–Kier alpha value is -0.170. The summed E-state index contributed by atoms with van der Waals surface area (Å²) in [4.78, 5) is 0. The molecule has 0 bridgehead atoms. The van der Waals surface area contributed by atoms with Gasteiger partial charge in [0, 0.05) is 0 Å². The molecule has 5 nitrogen and oxygen atoms in total. The fourth-order valence-electron chi connectivity index (χ4n) is 2.07. The van der Waals surface area contributed by atoms with E-state index in [4.69, 9.17) is 9.47 Å². The summed E-state index contributed by atoms with van der Waals surface area (Å²) in [6.07, 6.45) is 1.07. The van der Waals surface area contributed by atoms with Crippen LogP contribution in [0, 0.1) is 0 Å². The molecule has 2 rings (SSSR count). The van der Waals surface area contributed by atoms with Gasteiger partial charge in [-0.1, -0.05) is 0 Å². The third-order valence-corrected chi connectivity index (χ3v) is 6.98. The van der Waals surface area contributed by atoms with Crippen molar-refractivity contribution in [2.45, 2.75) is 48.9 Å². The van der Waals surface area contributed by atoms with Crippen molar-refractivity contribution in [3.63, 3.8) is 0 Å². The molecule has 0 unspecified atom stereocenters. The second-order valence-corrected chi connectivity index (χ2v) is 8.63. The molecule has 0 aromatic heterocycles. The number of rotatable bonds is 3. The summed E-state index contributed by atoms with van der Waals surface area (Å²) in [6, 6.07) is 0. The summed E-state index contributed by atoms with van der Waals surface area (Å²) in [5, 5.41) is 9.28. The first-order valence-electron chi connectivity index (χ1n) is 5.81. The zero-order chi connectivity index (χ0) is 12.9. The molecule has 1 saturated heterocycles. The number of hydrogen-bond donors (Lipinski definition) is 1. The molecule has 1 heterocycles. The third kappa shape index (κ3) is 1.91. The zero-order valence-electron chi connectivity index (χ0n) is 10.5. The maximum Gasteiger partial charge on any atom is 0.168 e. The van der Waals surface area contributed by atoms with Crippen molar-refractivity contribution in [2.24, 2.45) is 0 Å². The molecule has 1 N–H and O–H groups in total. The molecule has 0 amide bonds. The van der Waals surface area contributed by atoms with E-state index in [1.165, 1.54) is 0 Å². The Labute approximate surface area is 102 Å². The van der Waals surface area contributed by atoms with Gasteiger partial charge in [-0.2, -0.15) is 0 Å². The number of aliphatic hydroxyl groups is 1. The van der Waals surface area contributed by atoms with Gasteiger partial charge < -0.3 is 14.6 Å². The molecular weight excluding hydrogens is 244 g/mol. The smallest absolute Gasteiger partial charge is 0.168 e. The Morgan fingerprint density at radius 1 is 1.12 bits per heavy atom. The van der Waals surface area contributed by atoms with E-state index >= 15 is 0 Å². The van der Waals surface area contributed by atoms with Crippen LogP contribution in [-0.2, 0) is 19.3 Å². The van der Waals surface area contributed by atoms with Gasteiger partial charge in [-0.15, -0.1) is 0 Å². The van der Waals surface area contributed by atoms with Crippen LogP contribution in [0.25, 0.3) is 0 Å². The van der Waals surface area contributed by atoms with Crippen LogP contribution < -0.4 is 0 Å². The summed E-state index contributed by atoms with van der Waals surface area (Å²) in [7, 11) is -3.45. The Morgan fingerprint density at radius 2 is 1.59 bits per heavy atom. The minimum Gasteiger partial charge on any atom is -0.395 e. The molecule has 1 aliphatic heterocycles. The summed E-state index contributed by atoms with van der Waals surface area (Å²) in [5.74, 6) is -0.731. The van der Waals surface area contributed by atoms with Crippen LogP contribution in [0.2, 0.25) is 0 Å². The van der Waals surface area contributed by atoms with Gasteiger partial charge in [0.25, 0.3) is 0 Å². The molecule has 0 aromatic rings. The van der Waals surface area contributed by atoms with Crippen LogP contribution in [-0.4, -0.2) is 48.6 Å². The molecule has 0 radical (unpaired) electrons. The lowest BCUT2D eigenvalue weighted by Gasteiger charge is -2.42. The van der Waals surface area contributed by atoms with E-state index in [1.54, 1.807) is 20.8 Å². The van der Waals surface area contributed by atoms with Crippen LogP contribution in [0.5, 0.6) is 0 Å². The maximum absolute atomic E-state index is 12.5. The highest BCUT2D eigenvalue weighted by atomic mass is 32.2. The summed E-state index contributed by atoms with van der Waals surface area (Å²) < 4.78 is 33.9. The molecule has 100 valence electrons. The van der Waals surface area contributed by atoms with Gasteiger partial charge in [0.1, 0.15) is 4.75 Å². The predicted octanol–water partition coefficient (Wildman–Crippen LogP) is 0.468. The fraction of sp³-hybridized carbons (Fsp3) is 1.00. The molecule has 0 aromatic carbocycles. The van der Waals surface area contributed by atoms with Crippen molar-refractivity contribution in [1.82, 2.24) is 0 Å².